The standard InChI is InChI=1S/C19H19ClN6O3/c1-24(2)18(14-5-3-4-6-15(14)20)10-22-19(27)13-7-8-16(17(9-13)26(28)29)25-12-21-11-23-25/h3-9,11-12,18H,10H2,1-2H3,(H,22,27)/t18-/m0/s1. The predicted octanol–water partition coefficient (Wildman–Crippen LogP) is 2.86. The van der Waals surface area contributed by atoms with Gasteiger partial charge in [0, 0.05) is 23.2 Å². The fourth-order valence-corrected chi connectivity index (χ4v) is 3.21. The van der Waals surface area contributed by atoms with Crippen molar-refractivity contribution in [3.05, 3.63) is 81.4 Å². The minimum atomic E-state index is -0.555. The average molecular weight is 415 g/mol. The van der Waals surface area contributed by atoms with Crippen molar-refractivity contribution in [3.63, 3.8) is 0 Å². The van der Waals surface area contributed by atoms with Crippen LogP contribution in [0, 0.1) is 10.1 Å². The van der Waals surface area contributed by atoms with E-state index >= 15 is 0 Å². The van der Waals surface area contributed by atoms with Crippen molar-refractivity contribution in [2.75, 3.05) is 20.6 Å². The SMILES string of the molecule is CN(C)[C@@H](CNC(=O)c1ccc(-n2cncn2)c([N+](=O)[O-])c1)c1ccccc1Cl. The predicted molar refractivity (Wildman–Crippen MR) is 108 cm³/mol. The summed E-state index contributed by atoms with van der Waals surface area (Å²) >= 11 is 6.29. The number of amides is 1. The third-order valence-electron chi connectivity index (χ3n) is 4.44. The van der Waals surface area contributed by atoms with Crippen LogP contribution in [0.1, 0.15) is 22.0 Å². The summed E-state index contributed by atoms with van der Waals surface area (Å²) in [5.74, 6) is -0.419. The van der Waals surface area contributed by atoms with E-state index in [1.807, 2.05) is 37.2 Å². The molecule has 0 unspecified atom stereocenters. The molecule has 1 heterocycles. The Labute approximate surface area is 172 Å². The number of hydrogen-bond donors (Lipinski definition) is 1. The van der Waals surface area contributed by atoms with Crippen LogP contribution in [-0.4, -0.2) is 51.1 Å². The molecule has 0 radical (unpaired) electrons. The van der Waals surface area contributed by atoms with Gasteiger partial charge in [0.05, 0.1) is 11.0 Å². The van der Waals surface area contributed by atoms with Crippen LogP contribution >= 0.6 is 11.6 Å². The second kappa shape index (κ2) is 8.80. The van der Waals surface area contributed by atoms with Gasteiger partial charge in [-0.1, -0.05) is 29.8 Å². The summed E-state index contributed by atoms with van der Waals surface area (Å²) in [6.45, 7) is 0.286. The lowest BCUT2D eigenvalue weighted by molar-refractivity contribution is -0.384. The number of halogens is 1. The monoisotopic (exact) mass is 414 g/mol. The molecule has 0 aliphatic carbocycles. The summed E-state index contributed by atoms with van der Waals surface area (Å²) in [5, 5.41) is 18.8. The van der Waals surface area contributed by atoms with Crippen LogP contribution in [0.15, 0.2) is 55.1 Å². The highest BCUT2D eigenvalue weighted by molar-refractivity contribution is 6.31. The summed E-state index contributed by atoms with van der Waals surface area (Å²) in [6.07, 6.45) is 2.63. The Bertz CT molecular complexity index is 1020. The number of nitrogens with zero attached hydrogens (tertiary/aromatic N) is 5. The summed E-state index contributed by atoms with van der Waals surface area (Å²) < 4.78 is 1.28. The molecule has 0 spiro atoms. The number of carbonyl (C=O) groups excluding carboxylic acids is 1. The molecule has 1 aromatic heterocycles. The zero-order valence-corrected chi connectivity index (χ0v) is 16.6. The summed E-state index contributed by atoms with van der Waals surface area (Å²) in [4.78, 5) is 29.3. The molecule has 3 aromatic rings. The smallest absolute Gasteiger partial charge is 0.295 e. The Balaban J connectivity index is 1.81. The molecular formula is C19H19ClN6O3. The molecule has 150 valence electrons. The lowest BCUT2D eigenvalue weighted by Gasteiger charge is -2.26. The van der Waals surface area contributed by atoms with E-state index in [2.05, 4.69) is 15.4 Å². The number of aromatic nitrogens is 3. The first kappa shape index (κ1) is 20.4. The van der Waals surface area contributed by atoms with Gasteiger partial charge >= 0.3 is 0 Å². The quantitative estimate of drug-likeness (QED) is 0.470. The highest BCUT2D eigenvalue weighted by Gasteiger charge is 2.21. The topological polar surface area (TPSA) is 106 Å². The Hall–Kier alpha value is -3.30. The van der Waals surface area contributed by atoms with E-state index in [1.165, 1.54) is 35.5 Å². The molecule has 0 aliphatic heterocycles. The van der Waals surface area contributed by atoms with E-state index < -0.39 is 10.8 Å². The number of hydrogen-bond acceptors (Lipinski definition) is 6. The number of nitro groups is 1. The van der Waals surface area contributed by atoms with Crippen LogP contribution in [0.3, 0.4) is 0 Å². The molecule has 0 bridgehead atoms. The highest BCUT2D eigenvalue weighted by atomic mass is 35.5. The van der Waals surface area contributed by atoms with Gasteiger partial charge in [0.15, 0.2) is 0 Å². The molecule has 1 N–H and O–H groups in total. The Morgan fingerprint density at radius 1 is 1.31 bits per heavy atom. The van der Waals surface area contributed by atoms with Crippen LogP contribution in [0.25, 0.3) is 5.69 Å². The van der Waals surface area contributed by atoms with Gasteiger partial charge in [-0.2, -0.15) is 5.10 Å². The first-order valence-electron chi connectivity index (χ1n) is 8.71. The number of benzene rings is 2. The molecule has 29 heavy (non-hydrogen) atoms. The Morgan fingerprint density at radius 2 is 2.07 bits per heavy atom. The van der Waals surface area contributed by atoms with E-state index in [9.17, 15) is 14.9 Å². The lowest BCUT2D eigenvalue weighted by atomic mass is 10.1. The van der Waals surface area contributed by atoms with Crippen molar-refractivity contribution in [2.45, 2.75) is 6.04 Å². The molecule has 10 heteroatoms. The van der Waals surface area contributed by atoms with Crippen LogP contribution in [0.2, 0.25) is 5.02 Å². The van der Waals surface area contributed by atoms with Crippen molar-refractivity contribution in [1.82, 2.24) is 25.0 Å². The van der Waals surface area contributed by atoms with Gasteiger partial charge in [0.1, 0.15) is 18.3 Å². The van der Waals surface area contributed by atoms with Crippen LogP contribution < -0.4 is 5.32 Å². The van der Waals surface area contributed by atoms with Gasteiger partial charge in [-0.15, -0.1) is 0 Å². The Morgan fingerprint density at radius 3 is 2.69 bits per heavy atom. The third-order valence-corrected chi connectivity index (χ3v) is 4.79. The molecular weight excluding hydrogens is 396 g/mol. The fraction of sp³-hybridized carbons (Fsp3) is 0.211. The summed E-state index contributed by atoms with van der Waals surface area (Å²) in [5.41, 5.74) is 1.05. The van der Waals surface area contributed by atoms with E-state index in [0.717, 1.165) is 5.56 Å². The maximum Gasteiger partial charge on any atom is 0.295 e. The van der Waals surface area contributed by atoms with Crippen molar-refractivity contribution in [1.29, 1.82) is 0 Å². The van der Waals surface area contributed by atoms with Crippen molar-refractivity contribution in [2.24, 2.45) is 0 Å². The molecule has 9 nitrogen and oxygen atoms in total. The van der Waals surface area contributed by atoms with Gasteiger partial charge in [-0.05, 0) is 37.9 Å². The minimum Gasteiger partial charge on any atom is -0.350 e. The van der Waals surface area contributed by atoms with Gasteiger partial charge in [-0.3, -0.25) is 14.9 Å². The van der Waals surface area contributed by atoms with E-state index in [-0.39, 0.29) is 29.5 Å². The van der Waals surface area contributed by atoms with Crippen molar-refractivity contribution >= 4 is 23.2 Å². The highest BCUT2D eigenvalue weighted by Crippen LogP contribution is 2.26. The van der Waals surface area contributed by atoms with E-state index in [0.29, 0.717) is 5.02 Å². The zero-order chi connectivity index (χ0) is 21.0. The average Bonchev–Trinajstić information content (AvgIpc) is 3.23. The zero-order valence-electron chi connectivity index (χ0n) is 15.8. The second-order valence-corrected chi connectivity index (χ2v) is 6.92. The molecule has 1 amide bonds. The van der Waals surface area contributed by atoms with Crippen molar-refractivity contribution in [3.8, 4) is 5.69 Å². The molecule has 2 aromatic carbocycles. The normalized spacial score (nSPS) is 12.0. The molecule has 0 saturated heterocycles. The Kier molecular flexibility index (Phi) is 6.20. The van der Waals surface area contributed by atoms with Crippen LogP contribution in [0.4, 0.5) is 5.69 Å². The molecule has 3 rings (SSSR count). The first-order valence-corrected chi connectivity index (χ1v) is 9.08. The molecule has 0 fully saturated rings. The largest absolute Gasteiger partial charge is 0.350 e. The lowest BCUT2D eigenvalue weighted by Crippen LogP contribution is -2.34. The van der Waals surface area contributed by atoms with Crippen LogP contribution in [0.5, 0.6) is 0 Å². The minimum absolute atomic E-state index is 0.156. The number of nitro benzene ring substituents is 1. The van der Waals surface area contributed by atoms with Crippen LogP contribution in [-0.2, 0) is 0 Å². The molecule has 0 saturated carbocycles. The van der Waals surface area contributed by atoms with Crippen molar-refractivity contribution < 1.29 is 9.72 Å². The fourth-order valence-electron chi connectivity index (χ4n) is 2.94. The number of rotatable bonds is 7. The maximum absolute atomic E-state index is 12.6. The van der Waals surface area contributed by atoms with Gasteiger partial charge in [0.25, 0.3) is 11.6 Å². The maximum atomic E-state index is 12.6. The van der Waals surface area contributed by atoms with E-state index in [1.54, 1.807) is 6.07 Å². The van der Waals surface area contributed by atoms with Gasteiger partial charge < -0.3 is 10.2 Å². The summed E-state index contributed by atoms with van der Waals surface area (Å²) in [6, 6.07) is 11.5. The third kappa shape index (κ3) is 4.58. The first-order chi connectivity index (χ1) is 13.9. The number of likely N-dealkylation sites (N-methyl/N-ethyl adjacent to an activating group) is 1. The number of nitrogens with one attached hydrogen (secondary N) is 1. The van der Waals surface area contributed by atoms with Gasteiger partial charge in [-0.25, -0.2) is 9.67 Å². The molecule has 0 aliphatic rings. The van der Waals surface area contributed by atoms with E-state index in [4.69, 9.17) is 11.6 Å². The molecule has 1 atom stereocenters. The second-order valence-electron chi connectivity index (χ2n) is 6.51. The number of carbonyl (C=O) groups is 1. The van der Waals surface area contributed by atoms with Gasteiger partial charge in [0.2, 0.25) is 0 Å². The summed E-state index contributed by atoms with van der Waals surface area (Å²) in [7, 11) is 3.77.